The number of likely N-dealkylation sites (N-methyl/N-ethyl adjacent to an activating group) is 1. The van der Waals surface area contributed by atoms with Gasteiger partial charge < -0.3 is 15.1 Å². The van der Waals surface area contributed by atoms with Gasteiger partial charge in [-0.1, -0.05) is 28.1 Å². The number of halogens is 1. The van der Waals surface area contributed by atoms with Crippen molar-refractivity contribution in [3.8, 4) is 0 Å². The number of hydrogen-bond donors (Lipinski definition) is 1. The van der Waals surface area contributed by atoms with E-state index in [1.54, 1.807) is 0 Å². The van der Waals surface area contributed by atoms with Gasteiger partial charge in [-0.2, -0.15) is 0 Å². The summed E-state index contributed by atoms with van der Waals surface area (Å²) in [5, 5.41) is 5.71. The fraction of sp³-hybridized carbons (Fsp3) is 0.450. The number of rotatable bonds is 6. The van der Waals surface area contributed by atoms with Crippen molar-refractivity contribution in [1.82, 2.24) is 10.2 Å². The van der Waals surface area contributed by atoms with E-state index in [1.807, 2.05) is 18.4 Å². The van der Waals surface area contributed by atoms with Crippen molar-refractivity contribution in [1.29, 1.82) is 0 Å². The third-order valence-electron chi connectivity index (χ3n) is 4.86. The Morgan fingerprint density at radius 2 is 2.27 bits per heavy atom. The van der Waals surface area contributed by atoms with Gasteiger partial charge in [0, 0.05) is 55.3 Å². The molecule has 26 heavy (non-hydrogen) atoms. The largest absolute Gasteiger partial charge is 0.371 e. The van der Waals surface area contributed by atoms with E-state index in [1.165, 1.54) is 17.0 Å². The Bertz CT molecular complexity index is 716. The molecule has 1 N–H and O–H groups in total. The summed E-state index contributed by atoms with van der Waals surface area (Å²) >= 11 is 5.39. The van der Waals surface area contributed by atoms with Gasteiger partial charge in [0.05, 0.1) is 0 Å². The summed E-state index contributed by atoms with van der Waals surface area (Å²) < 4.78 is 1.14. The summed E-state index contributed by atoms with van der Waals surface area (Å²) in [4.78, 5) is 10.6. The molecule has 1 aliphatic rings. The first-order chi connectivity index (χ1) is 12.7. The number of thiophene rings is 1. The molecule has 6 heteroatoms. The van der Waals surface area contributed by atoms with Gasteiger partial charge in [-0.15, -0.1) is 11.3 Å². The lowest BCUT2D eigenvalue weighted by atomic mass is 10.1. The summed E-state index contributed by atoms with van der Waals surface area (Å²) in [6.07, 6.45) is 2.28. The van der Waals surface area contributed by atoms with Crippen LogP contribution in [0.2, 0.25) is 0 Å². The highest BCUT2D eigenvalue weighted by molar-refractivity contribution is 9.10. The molecule has 4 nitrogen and oxygen atoms in total. The van der Waals surface area contributed by atoms with Crippen LogP contribution in [0, 0.1) is 5.92 Å². The molecule has 1 aromatic heterocycles. The molecule has 2 aromatic rings. The Morgan fingerprint density at radius 3 is 3.00 bits per heavy atom. The minimum absolute atomic E-state index is 0.649. The third-order valence-corrected chi connectivity index (χ3v) is 6.28. The maximum Gasteiger partial charge on any atom is 0.193 e. The molecule has 1 atom stereocenters. The second-order valence-electron chi connectivity index (χ2n) is 6.76. The number of nitrogens with one attached hydrogen (secondary N) is 1. The Balaban J connectivity index is 1.45. The molecule has 2 heterocycles. The number of benzene rings is 1. The number of hydrogen-bond acceptors (Lipinski definition) is 3. The lowest BCUT2D eigenvalue weighted by molar-refractivity contribution is 0.471. The van der Waals surface area contributed by atoms with Crippen LogP contribution < -0.4 is 10.2 Å². The van der Waals surface area contributed by atoms with Gasteiger partial charge in [-0.05, 0) is 48.4 Å². The van der Waals surface area contributed by atoms with Crippen molar-refractivity contribution in [3.05, 3.63) is 51.1 Å². The number of nitrogens with zero attached hydrogens (tertiary/aromatic N) is 3. The molecule has 1 aliphatic heterocycles. The summed E-state index contributed by atoms with van der Waals surface area (Å²) in [6, 6.07) is 12.9. The van der Waals surface area contributed by atoms with E-state index in [9.17, 15) is 0 Å². The zero-order valence-electron chi connectivity index (χ0n) is 15.5. The molecular formula is C20H27BrN4S. The van der Waals surface area contributed by atoms with Gasteiger partial charge in [0.2, 0.25) is 0 Å². The first-order valence-corrected chi connectivity index (χ1v) is 10.8. The van der Waals surface area contributed by atoms with Crippen LogP contribution in [0.15, 0.2) is 51.2 Å². The summed E-state index contributed by atoms with van der Waals surface area (Å²) in [5.41, 5.74) is 1.30. The predicted octanol–water partition coefficient (Wildman–Crippen LogP) is 4.09. The molecule has 3 rings (SSSR count). The lowest BCUT2D eigenvalue weighted by Crippen LogP contribution is -2.42. The highest BCUT2D eigenvalue weighted by Gasteiger charge is 2.23. The molecule has 0 radical (unpaired) electrons. The SMILES string of the molecule is CN=C(NCC1CCN(c2cccc(Br)c2)C1)N(C)CCc1cccs1. The molecular weight excluding hydrogens is 408 g/mol. The van der Waals surface area contributed by atoms with E-state index in [0.717, 1.165) is 43.0 Å². The summed E-state index contributed by atoms with van der Waals surface area (Å²) in [7, 11) is 3.98. The van der Waals surface area contributed by atoms with Crippen LogP contribution in [0.25, 0.3) is 0 Å². The number of aliphatic imine (C=N–C) groups is 1. The smallest absolute Gasteiger partial charge is 0.193 e. The monoisotopic (exact) mass is 434 g/mol. The minimum atomic E-state index is 0.649. The molecule has 0 amide bonds. The fourth-order valence-corrected chi connectivity index (χ4v) is 4.45. The van der Waals surface area contributed by atoms with E-state index >= 15 is 0 Å². The first-order valence-electron chi connectivity index (χ1n) is 9.10. The van der Waals surface area contributed by atoms with Gasteiger partial charge in [0.25, 0.3) is 0 Å². The van der Waals surface area contributed by atoms with Gasteiger partial charge in [-0.25, -0.2) is 0 Å². The van der Waals surface area contributed by atoms with E-state index in [0.29, 0.717) is 5.92 Å². The van der Waals surface area contributed by atoms with Crippen molar-refractivity contribution in [2.45, 2.75) is 12.8 Å². The molecule has 140 valence electrons. The Morgan fingerprint density at radius 1 is 1.38 bits per heavy atom. The topological polar surface area (TPSA) is 30.9 Å². The summed E-state index contributed by atoms with van der Waals surface area (Å²) in [6.45, 7) is 4.17. The fourth-order valence-electron chi connectivity index (χ4n) is 3.37. The maximum absolute atomic E-state index is 4.45. The molecule has 1 saturated heterocycles. The van der Waals surface area contributed by atoms with Crippen LogP contribution in [0.4, 0.5) is 5.69 Å². The second kappa shape index (κ2) is 9.42. The van der Waals surface area contributed by atoms with Gasteiger partial charge >= 0.3 is 0 Å². The molecule has 0 spiro atoms. The van der Waals surface area contributed by atoms with Gasteiger partial charge in [0.1, 0.15) is 0 Å². The minimum Gasteiger partial charge on any atom is -0.371 e. The zero-order valence-corrected chi connectivity index (χ0v) is 17.9. The van der Waals surface area contributed by atoms with E-state index in [4.69, 9.17) is 0 Å². The van der Waals surface area contributed by atoms with Crippen molar-refractivity contribution >= 4 is 38.9 Å². The average molecular weight is 435 g/mol. The first kappa shape index (κ1) is 19.2. The van der Waals surface area contributed by atoms with Crippen LogP contribution in [0.1, 0.15) is 11.3 Å². The molecule has 1 unspecified atom stereocenters. The maximum atomic E-state index is 4.45. The van der Waals surface area contributed by atoms with Gasteiger partial charge in [-0.3, -0.25) is 4.99 Å². The number of anilines is 1. The van der Waals surface area contributed by atoms with Crippen molar-refractivity contribution in [2.24, 2.45) is 10.9 Å². The van der Waals surface area contributed by atoms with Crippen LogP contribution >= 0.6 is 27.3 Å². The third kappa shape index (κ3) is 5.24. The average Bonchev–Trinajstić information content (AvgIpc) is 3.32. The van der Waals surface area contributed by atoms with E-state index in [2.05, 4.69) is 84.9 Å². The van der Waals surface area contributed by atoms with Gasteiger partial charge in [0.15, 0.2) is 5.96 Å². The van der Waals surface area contributed by atoms with Crippen LogP contribution in [0.3, 0.4) is 0 Å². The second-order valence-corrected chi connectivity index (χ2v) is 8.71. The standard InChI is InChI=1S/C20H27BrN4S/c1-22-20(24(2)10-9-19-7-4-12-26-19)23-14-16-8-11-25(15-16)18-6-3-5-17(21)13-18/h3-7,12-13,16H,8-11,14-15H2,1-2H3,(H,22,23). The van der Waals surface area contributed by atoms with Crippen molar-refractivity contribution in [3.63, 3.8) is 0 Å². The van der Waals surface area contributed by atoms with Crippen molar-refractivity contribution < 1.29 is 0 Å². The summed E-state index contributed by atoms with van der Waals surface area (Å²) in [5.74, 6) is 1.64. The van der Waals surface area contributed by atoms with Crippen molar-refractivity contribution in [2.75, 3.05) is 45.2 Å². The quantitative estimate of drug-likeness (QED) is 0.548. The highest BCUT2D eigenvalue weighted by Crippen LogP contribution is 2.25. The molecule has 0 saturated carbocycles. The molecule has 1 aromatic carbocycles. The van der Waals surface area contributed by atoms with Crippen LogP contribution in [0.5, 0.6) is 0 Å². The van der Waals surface area contributed by atoms with E-state index < -0.39 is 0 Å². The predicted molar refractivity (Wildman–Crippen MR) is 116 cm³/mol. The lowest BCUT2D eigenvalue weighted by Gasteiger charge is -2.24. The van der Waals surface area contributed by atoms with Crippen LogP contribution in [-0.4, -0.2) is 51.1 Å². The zero-order chi connectivity index (χ0) is 18.4. The normalized spacial score (nSPS) is 17.6. The Kier molecular flexibility index (Phi) is 6.97. The van der Waals surface area contributed by atoms with Crippen LogP contribution in [-0.2, 0) is 6.42 Å². The molecule has 0 bridgehead atoms. The molecule has 0 aliphatic carbocycles. The van der Waals surface area contributed by atoms with E-state index in [-0.39, 0.29) is 0 Å². The highest BCUT2D eigenvalue weighted by atomic mass is 79.9. The Labute approximate surface area is 169 Å². The number of guanidine groups is 1. The molecule has 1 fully saturated rings. The Hall–Kier alpha value is -1.53.